The fourth-order valence-corrected chi connectivity index (χ4v) is 1.96. The predicted molar refractivity (Wildman–Crippen MR) is 77.8 cm³/mol. The van der Waals surface area contributed by atoms with E-state index in [2.05, 4.69) is 20.6 Å². The zero-order valence-corrected chi connectivity index (χ0v) is 12.1. The van der Waals surface area contributed by atoms with Gasteiger partial charge in [0, 0.05) is 25.2 Å². The minimum Gasteiger partial charge on any atom is -0.354 e. The second-order valence-electron chi connectivity index (χ2n) is 4.09. The highest BCUT2D eigenvalue weighted by Gasteiger charge is 2.13. The Morgan fingerprint density at radius 3 is 2.90 bits per heavy atom. The van der Waals surface area contributed by atoms with E-state index in [1.165, 1.54) is 0 Å². The van der Waals surface area contributed by atoms with Crippen molar-refractivity contribution in [2.75, 3.05) is 20.2 Å². The maximum atomic E-state index is 5.02. The Bertz CT molecular complexity index is 592. The molecule has 0 saturated heterocycles. The van der Waals surface area contributed by atoms with E-state index in [1.807, 2.05) is 32.0 Å². The number of aliphatic imine (C=N–C) groups is 1. The van der Waals surface area contributed by atoms with Gasteiger partial charge in [0.05, 0.1) is 7.11 Å². The average molecular weight is 277 g/mol. The van der Waals surface area contributed by atoms with Crippen molar-refractivity contribution >= 4 is 22.7 Å². The lowest BCUT2D eigenvalue weighted by Crippen LogP contribution is -2.75. The minimum atomic E-state index is 0.762. The number of aromatic nitrogens is 3. The van der Waals surface area contributed by atoms with E-state index in [1.54, 1.807) is 17.3 Å². The van der Waals surface area contributed by atoms with Gasteiger partial charge in [-0.25, -0.2) is 4.84 Å². The number of benzene rings is 1. The Morgan fingerprint density at radius 1 is 1.35 bits per heavy atom. The zero-order valence-electron chi connectivity index (χ0n) is 12.1. The Kier molecular flexibility index (Phi) is 5.03. The van der Waals surface area contributed by atoms with E-state index in [9.17, 15) is 0 Å². The molecule has 0 amide bonds. The van der Waals surface area contributed by atoms with Crippen molar-refractivity contribution in [2.45, 2.75) is 20.3 Å². The summed E-state index contributed by atoms with van der Waals surface area (Å²) in [5.74, 6) is 0.762. The smallest absolute Gasteiger partial charge is 0.221 e. The third kappa shape index (κ3) is 2.94. The lowest BCUT2D eigenvalue weighted by atomic mass is 10.3. The molecule has 0 spiro atoms. The van der Waals surface area contributed by atoms with Crippen LogP contribution in [0, 0.1) is 0 Å². The molecule has 0 atom stereocenters. The summed E-state index contributed by atoms with van der Waals surface area (Å²) in [6.07, 6.45) is 1.05. The fourth-order valence-electron chi connectivity index (χ4n) is 1.96. The van der Waals surface area contributed by atoms with Crippen molar-refractivity contribution in [3.63, 3.8) is 0 Å². The summed E-state index contributed by atoms with van der Waals surface area (Å²) in [6, 6.07) is 5.85. The van der Waals surface area contributed by atoms with Gasteiger partial charge in [-0.15, -0.1) is 5.10 Å². The highest BCUT2D eigenvalue weighted by Crippen LogP contribution is 2.14. The second-order valence-corrected chi connectivity index (χ2v) is 4.09. The molecular weight excluding hydrogens is 256 g/mol. The standard InChI is InChI=1S/C11H14N6O.C2H6/c1-18-15-8-3-4-9-10(7-8)17(16-14-9)11-12-5-2-6-13-11;1-2/h3-4,7,15H,2,5-6H2,1H3,(H,12,13);1-2H3/p+1. The summed E-state index contributed by atoms with van der Waals surface area (Å²) < 4.78 is 1.74. The molecule has 0 aliphatic carbocycles. The predicted octanol–water partition coefficient (Wildman–Crippen LogP) is 0.411. The monoisotopic (exact) mass is 277 g/mol. The fraction of sp³-hybridized carbons (Fsp3) is 0.462. The summed E-state index contributed by atoms with van der Waals surface area (Å²) >= 11 is 0. The molecule has 3 N–H and O–H groups in total. The number of quaternary nitrogens is 1. The number of hydrogen-bond acceptors (Lipinski definition) is 5. The van der Waals surface area contributed by atoms with Gasteiger partial charge in [0.1, 0.15) is 11.0 Å². The first-order valence-corrected chi connectivity index (χ1v) is 6.88. The normalized spacial score (nSPS) is 14.2. The van der Waals surface area contributed by atoms with Crippen LogP contribution < -0.4 is 10.8 Å². The van der Waals surface area contributed by atoms with Crippen molar-refractivity contribution < 1.29 is 10.3 Å². The van der Waals surface area contributed by atoms with E-state index in [0.29, 0.717) is 0 Å². The van der Waals surface area contributed by atoms with Crippen molar-refractivity contribution in [3.8, 4) is 0 Å². The summed E-state index contributed by atoms with van der Waals surface area (Å²) in [5.41, 5.74) is 4.43. The highest BCUT2D eigenvalue weighted by atomic mass is 16.6. The number of rotatable bonds is 2. The molecule has 7 heteroatoms. The minimum absolute atomic E-state index is 0.762. The Balaban J connectivity index is 0.000000704. The molecule has 1 aliphatic heterocycles. The molecule has 7 nitrogen and oxygen atoms in total. The van der Waals surface area contributed by atoms with Crippen LogP contribution in [0.15, 0.2) is 23.2 Å². The van der Waals surface area contributed by atoms with Gasteiger partial charge >= 0.3 is 0 Å². The van der Waals surface area contributed by atoms with Crippen LogP contribution in [0.25, 0.3) is 11.0 Å². The number of nitrogens with two attached hydrogens (primary N) is 1. The third-order valence-electron chi connectivity index (χ3n) is 2.80. The Hall–Kier alpha value is -1.99. The molecule has 0 radical (unpaired) electrons. The van der Waals surface area contributed by atoms with Gasteiger partial charge in [0.25, 0.3) is 0 Å². The molecule has 1 aromatic carbocycles. The molecule has 3 rings (SSSR count). The molecule has 1 aromatic heterocycles. The van der Waals surface area contributed by atoms with Crippen LogP contribution in [-0.4, -0.2) is 41.2 Å². The first kappa shape index (κ1) is 14.4. The number of nitrogens with zero attached hydrogens (tertiary/aromatic N) is 4. The van der Waals surface area contributed by atoms with Crippen molar-refractivity contribution in [1.29, 1.82) is 0 Å². The maximum Gasteiger partial charge on any atom is 0.221 e. The van der Waals surface area contributed by atoms with Crippen molar-refractivity contribution in [2.24, 2.45) is 4.99 Å². The van der Waals surface area contributed by atoms with E-state index in [0.717, 1.165) is 42.2 Å². The first-order chi connectivity index (χ1) is 9.88. The van der Waals surface area contributed by atoms with Gasteiger partial charge in [0.2, 0.25) is 5.96 Å². The largest absolute Gasteiger partial charge is 0.354 e. The quantitative estimate of drug-likeness (QED) is 0.615. The topological polar surface area (TPSA) is 80.9 Å². The van der Waals surface area contributed by atoms with Crippen LogP contribution >= 0.6 is 0 Å². The van der Waals surface area contributed by atoms with E-state index < -0.39 is 0 Å². The van der Waals surface area contributed by atoms with Gasteiger partial charge in [-0.2, -0.15) is 10.2 Å². The van der Waals surface area contributed by atoms with Crippen LogP contribution in [0.5, 0.6) is 0 Å². The Labute approximate surface area is 118 Å². The number of hydrogen-bond donors (Lipinski definition) is 2. The molecular formula is C13H21N6O+. The molecule has 2 heterocycles. The van der Waals surface area contributed by atoms with Crippen LogP contribution in [0.1, 0.15) is 20.3 Å². The molecule has 1 aliphatic rings. The van der Waals surface area contributed by atoms with E-state index in [4.69, 9.17) is 4.84 Å². The van der Waals surface area contributed by atoms with Gasteiger partial charge in [0.15, 0.2) is 5.69 Å². The van der Waals surface area contributed by atoms with Crippen LogP contribution in [0.4, 0.5) is 5.69 Å². The molecule has 0 saturated carbocycles. The molecule has 0 fully saturated rings. The second kappa shape index (κ2) is 6.97. The lowest BCUT2D eigenvalue weighted by Gasteiger charge is -2.13. The molecule has 2 aromatic rings. The molecule has 0 bridgehead atoms. The maximum absolute atomic E-state index is 5.02. The van der Waals surface area contributed by atoms with Crippen LogP contribution in [0.3, 0.4) is 0 Å². The summed E-state index contributed by atoms with van der Waals surface area (Å²) in [7, 11) is 1.63. The SMILES string of the molecule is CC.CO[NH2+]c1ccc2nnn(C3=NCCCN3)c2c1. The van der Waals surface area contributed by atoms with Crippen LogP contribution in [0.2, 0.25) is 0 Å². The molecule has 108 valence electrons. The molecule has 0 unspecified atom stereocenters. The summed E-state index contributed by atoms with van der Waals surface area (Å²) in [5, 5.41) is 11.5. The Morgan fingerprint density at radius 2 is 2.20 bits per heavy atom. The zero-order chi connectivity index (χ0) is 14.4. The molecule has 20 heavy (non-hydrogen) atoms. The van der Waals surface area contributed by atoms with Gasteiger partial charge in [-0.3, -0.25) is 4.99 Å². The van der Waals surface area contributed by atoms with Crippen molar-refractivity contribution in [3.05, 3.63) is 18.2 Å². The average Bonchev–Trinajstić information content (AvgIpc) is 2.94. The first-order valence-electron chi connectivity index (χ1n) is 6.88. The van der Waals surface area contributed by atoms with E-state index in [-0.39, 0.29) is 0 Å². The van der Waals surface area contributed by atoms with Gasteiger partial charge in [-0.1, -0.05) is 19.1 Å². The highest BCUT2D eigenvalue weighted by molar-refractivity contribution is 5.91. The van der Waals surface area contributed by atoms with E-state index >= 15 is 0 Å². The van der Waals surface area contributed by atoms with Crippen LogP contribution in [-0.2, 0) is 4.84 Å². The summed E-state index contributed by atoms with van der Waals surface area (Å²) in [4.78, 5) is 9.44. The van der Waals surface area contributed by atoms with Gasteiger partial charge < -0.3 is 5.32 Å². The number of nitrogens with one attached hydrogen (secondary N) is 1. The third-order valence-corrected chi connectivity index (χ3v) is 2.80. The van der Waals surface area contributed by atoms with Gasteiger partial charge in [-0.05, 0) is 12.5 Å². The lowest BCUT2D eigenvalue weighted by molar-refractivity contribution is -0.830. The summed E-state index contributed by atoms with van der Waals surface area (Å²) in [6.45, 7) is 5.75. The number of fused-ring (bicyclic) bond motifs is 1. The van der Waals surface area contributed by atoms with Crippen molar-refractivity contribution in [1.82, 2.24) is 20.3 Å².